The van der Waals surface area contributed by atoms with Gasteiger partial charge < -0.3 is 23.7 Å². The van der Waals surface area contributed by atoms with Crippen molar-refractivity contribution >= 4 is 34.0 Å². The van der Waals surface area contributed by atoms with Gasteiger partial charge in [0.15, 0.2) is 12.4 Å². The molecule has 0 aromatic rings. The summed E-state index contributed by atoms with van der Waals surface area (Å²) in [5.74, 6) is -3.48. The molecule has 12 nitrogen and oxygen atoms in total. The van der Waals surface area contributed by atoms with Crippen LogP contribution in [0.5, 0.6) is 0 Å². The summed E-state index contributed by atoms with van der Waals surface area (Å²) in [4.78, 5) is 50.6. The molecule has 240 valence electrons. The normalized spacial score (nSPS) is 40.2. The Morgan fingerprint density at radius 1 is 0.930 bits per heavy atom. The third kappa shape index (κ3) is 5.43. The first-order valence-corrected chi connectivity index (χ1v) is 16.4. The van der Waals surface area contributed by atoms with Gasteiger partial charge in [-0.25, -0.2) is 0 Å². The maximum absolute atomic E-state index is 13.6. The molecule has 1 heterocycles. The summed E-state index contributed by atoms with van der Waals surface area (Å²) in [5.41, 5.74) is 0. The highest BCUT2D eigenvalue weighted by molar-refractivity contribution is 7.86. The summed E-state index contributed by atoms with van der Waals surface area (Å²) in [6.07, 6.45) is -0.0579. The van der Waals surface area contributed by atoms with Crippen molar-refractivity contribution in [1.29, 1.82) is 0 Å². The van der Waals surface area contributed by atoms with Crippen LogP contribution < -0.4 is 0 Å². The summed E-state index contributed by atoms with van der Waals surface area (Å²) in [7, 11) is -5.83. The number of hydrogen-bond donors (Lipinski definition) is 1. The van der Waals surface area contributed by atoms with Gasteiger partial charge in [0.2, 0.25) is 0 Å². The molecule has 7 aliphatic rings. The Labute approximate surface area is 247 Å². The van der Waals surface area contributed by atoms with Crippen LogP contribution in [0.1, 0.15) is 65.2 Å². The van der Waals surface area contributed by atoms with Crippen LogP contribution in [-0.2, 0) is 53.0 Å². The monoisotopic (exact) mass is 634 g/mol. The van der Waals surface area contributed by atoms with E-state index < -0.39 is 94.4 Å². The number of halogens is 2. The number of fused-ring (bicyclic) bond motifs is 1. The van der Waals surface area contributed by atoms with Crippen molar-refractivity contribution < 1.29 is 64.6 Å². The van der Waals surface area contributed by atoms with E-state index in [-0.39, 0.29) is 12.0 Å². The lowest BCUT2D eigenvalue weighted by Gasteiger charge is -2.54. The second-order valence-corrected chi connectivity index (χ2v) is 14.7. The van der Waals surface area contributed by atoms with Crippen LogP contribution in [0.15, 0.2) is 0 Å². The number of ether oxygens (including phenoxy) is 5. The van der Waals surface area contributed by atoms with Crippen molar-refractivity contribution in [3.05, 3.63) is 0 Å². The molecule has 6 saturated carbocycles. The summed E-state index contributed by atoms with van der Waals surface area (Å²) in [6, 6.07) is 0. The minimum absolute atomic E-state index is 0.0408. The van der Waals surface area contributed by atoms with E-state index in [4.69, 9.17) is 23.5 Å². The highest BCUT2D eigenvalue weighted by atomic mass is 32.2. The zero-order valence-corrected chi connectivity index (χ0v) is 24.6. The Morgan fingerprint density at radius 3 is 2.14 bits per heavy atom. The SMILES string of the molecule is CC(OC(=O)C1C2CC3C(OC(=O)C31)C2OC(=O)CCC(=O)OC(C)C(F)(F)S(=O)(=O)O)OC1C2CC3CC(C2)CC1C3. The van der Waals surface area contributed by atoms with Crippen molar-refractivity contribution in [2.75, 3.05) is 0 Å². The van der Waals surface area contributed by atoms with Gasteiger partial charge in [-0.2, -0.15) is 17.2 Å². The largest absolute Gasteiger partial charge is 0.458 e. The average molecular weight is 635 g/mol. The van der Waals surface area contributed by atoms with Gasteiger partial charge in [0, 0.05) is 11.8 Å². The lowest BCUT2D eigenvalue weighted by molar-refractivity contribution is -0.224. The molecular formula is C28H36F2O12S. The Bertz CT molecular complexity index is 1260. The van der Waals surface area contributed by atoms with E-state index in [2.05, 4.69) is 4.74 Å². The third-order valence-electron chi connectivity index (χ3n) is 10.5. The van der Waals surface area contributed by atoms with Gasteiger partial charge >= 0.3 is 39.2 Å². The second kappa shape index (κ2) is 10.9. The van der Waals surface area contributed by atoms with E-state index in [1.54, 1.807) is 6.92 Å². The van der Waals surface area contributed by atoms with Gasteiger partial charge in [-0.1, -0.05) is 0 Å². The van der Waals surface area contributed by atoms with Gasteiger partial charge in [0.25, 0.3) is 0 Å². The van der Waals surface area contributed by atoms with E-state index in [1.165, 1.54) is 6.42 Å². The molecular weight excluding hydrogens is 598 g/mol. The number of carbonyl (C=O) groups excluding carboxylic acids is 4. The Kier molecular flexibility index (Phi) is 7.76. The third-order valence-corrected chi connectivity index (χ3v) is 11.5. The van der Waals surface area contributed by atoms with E-state index >= 15 is 0 Å². The Morgan fingerprint density at radius 2 is 1.53 bits per heavy atom. The number of esters is 4. The van der Waals surface area contributed by atoms with Gasteiger partial charge in [-0.3, -0.25) is 23.7 Å². The van der Waals surface area contributed by atoms with Crippen molar-refractivity contribution in [2.45, 2.75) is 101 Å². The van der Waals surface area contributed by atoms with Gasteiger partial charge in [0.05, 0.1) is 30.8 Å². The summed E-state index contributed by atoms with van der Waals surface area (Å²) in [6.45, 7) is 2.26. The fraction of sp³-hybridized carbons (Fsp3) is 0.857. The fourth-order valence-electron chi connectivity index (χ4n) is 9.01. The van der Waals surface area contributed by atoms with Crippen LogP contribution in [0.3, 0.4) is 0 Å². The summed E-state index contributed by atoms with van der Waals surface area (Å²) < 4.78 is 84.9. The van der Waals surface area contributed by atoms with Crippen molar-refractivity contribution in [1.82, 2.24) is 0 Å². The minimum atomic E-state index is -5.83. The highest BCUT2D eigenvalue weighted by Crippen LogP contribution is 2.59. The van der Waals surface area contributed by atoms with Crippen molar-refractivity contribution in [3.8, 4) is 0 Å². The molecule has 43 heavy (non-hydrogen) atoms. The van der Waals surface area contributed by atoms with Crippen LogP contribution in [0.4, 0.5) is 8.78 Å². The van der Waals surface area contributed by atoms with E-state index in [9.17, 15) is 36.4 Å². The van der Waals surface area contributed by atoms with E-state index in [1.807, 2.05) is 0 Å². The molecule has 0 amide bonds. The molecule has 1 saturated heterocycles. The van der Waals surface area contributed by atoms with Gasteiger partial charge in [-0.05, 0) is 76.0 Å². The van der Waals surface area contributed by atoms with E-state index in [0.29, 0.717) is 25.2 Å². The second-order valence-electron chi connectivity index (χ2n) is 13.2. The lowest BCUT2D eigenvalue weighted by atomic mass is 9.55. The zero-order valence-electron chi connectivity index (χ0n) is 23.8. The Hall–Kier alpha value is -2.39. The molecule has 0 aromatic heterocycles. The first kappa shape index (κ1) is 30.6. The average Bonchev–Trinajstić information content (AvgIpc) is 3.52. The predicted octanol–water partition coefficient (Wildman–Crippen LogP) is 2.63. The van der Waals surface area contributed by atoms with Crippen LogP contribution in [0.25, 0.3) is 0 Å². The van der Waals surface area contributed by atoms with Crippen molar-refractivity contribution in [3.63, 3.8) is 0 Å². The molecule has 7 fully saturated rings. The van der Waals surface area contributed by atoms with E-state index in [0.717, 1.165) is 37.5 Å². The molecule has 8 atom stereocenters. The maximum atomic E-state index is 13.6. The quantitative estimate of drug-likeness (QED) is 0.153. The predicted molar refractivity (Wildman–Crippen MR) is 137 cm³/mol. The number of rotatable bonds is 11. The van der Waals surface area contributed by atoms with Crippen molar-refractivity contribution in [2.24, 2.45) is 47.3 Å². The molecule has 0 radical (unpaired) electrons. The van der Waals surface area contributed by atoms with Crippen LogP contribution in [0, 0.1) is 47.3 Å². The molecule has 6 aliphatic carbocycles. The van der Waals surface area contributed by atoms with Crippen LogP contribution in [-0.4, -0.2) is 72.8 Å². The topological polar surface area (TPSA) is 169 Å². The number of alkyl halides is 2. The molecule has 8 unspecified atom stereocenters. The van der Waals surface area contributed by atoms with Crippen LogP contribution >= 0.6 is 0 Å². The molecule has 15 heteroatoms. The standard InChI is InChI=1S/C28H36F2O12S/c1-11(28(29,30)43(35,36)37)38-19(31)3-4-20(32)41-24-17-10-18-22(27(34)42-25(18)24)21(17)26(33)40-12(2)39-23-15-6-13-5-14(8-15)9-16(23)7-13/h11-18,21-25H,3-10H2,1-2H3,(H,35,36,37). The van der Waals surface area contributed by atoms with Crippen LogP contribution in [0.2, 0.25) is 0 Å². The number of hydrogen-bond acceptors (Lipinski definition) is 11. The highest BCUT2D eigenvalue weighted by Gasteiger charge is 2.70. The minimum Gasteiger partial charge on any atom is -0.458 e. The maximum Gasteiger partial charge on any atom is 0.405 e. The summed E-state index contributed by atoms with van der Waals surface area (Å²) in [5, 5.41) is -4.74. The molecule has 7 rings (SSSR count). The van der Waals surface area contributed by atoms with Gasteiger partial charge in [0.1, 0.15) is 12.2 Å². The first-order valence-electron chi connectivity index (χ1n) is 14.9. The molecule has 1 N–H and O–H groups in total. The number of carbonyl (C=O) groups is 4. The molecule has 0 aromatic carbocycles. The zero-order chi connectivity index (χ0) is 31.0. The molecule has 6 bridgehead atoms. The molecule has 0 spiro atoms. The smallest absolute Gasteiger partial charge is 0.405 e. The fourth-order valence-corrected chi connectivity index (χ4v) is 9.47. The first-order chi connectivity index (χ1) is 20.1. The lowest BCUT2D eigenvalue weighted by Crippen LogP contribution is -2.51. The van der Waals surface area contributed by atoms with Gasteiger partial charge in [-0.15, -0.1) is 0 Å². The molecule has 1 aliphatic heterocycles. The summed E-state index contributed by atoms with van der Waals surface area (Å²) >= 11 is 0. The Balaban J connectivity index is 1.03.